The van der Waals surface area contributed by atoms with Crippen molar-refractivity contribution in [3.8, 4) is 11.4 Å². The molecule has 0 atom stereocenters. The van der Waals surface area contributed by atoms with Gasteiger partial charge in [-0.2, -0.15) is 18.2 Å². The summed E-state index contributed by atoms with van der Waals surface area (Å²) in [5, 5.41) is 3.34. The first-order valence-corrected chi connectivity index (χ1v) is 7.57. The predicted molar refractivity (Wildman–Crippen MR) is 82.7 cm³/mol. The van der Waals surface area contributed by atoms with Crippen LogP contribution < -0.4 is 0 Å². The molecule has 6 nitrogen and oxygen atoms in total. The van der Waals surface area contributed by atoms with Gasteiger partial charge in [-0.3, -0.25) is 0 Å². The van der Waals surface area contributed by atoms with Crippen molar-refractivity contribution in [3.63, 3.8) is 0 Å². The van der Waals surface area contributed by atoms with Crippen LogP contribution in [0.1, 0.15) is 25.3 Å². The highest BCUT2D eigenvalue weighted by molar-refractivity contribution is 5.67. The Labute approximate surface area is 142 Å². The van der Waals surface area contributed by atoms with Gasteiger partial charge in [0, 0.05) is 18.2 Å². The number of nitrogens with zero attached hydrogens (tertiary/aromatic N) is 3. The number of alkyl halides is 3. The molecule has 0 unspecified atom stereocenters. The van der Waals surface area contributed by atoms with Gasteiger partial charge in [0.05, 0.1) is 7.11 Å². The molecule has 1 aromatic heterocycles. The third kappa shape index (κ3) is 4.71. The quantitative estimate of drug-likeness (QED) is 0.815. The van der Waals surface area contributed by atoms with E-state index in [1.54, 1.807) is 29.2 Å². The van der Waals surface area contributed by atoms with Crippen molar-refractivity contribution < 1.29 is 27.2 Å². The monoisotopic (exact) mass is 357 g/mol. The maximum Gasteiger partial charge on any atom is 0.471 e. The zero-order valence-electron chi connectivity index (χ0n) is 14.0. The molecule has 136 valence electrons. The molecule has 0 aliphatic carbocycles. The molecule has 2 rings (SSSR count). The van der Waals surface area contributed by atoms with Gasteiger partial charge in [0.25, 0.3) is 0 Å². The summed E-state index contributed by atoms with van der Waals surface area (Å²) in [5.41, 5.74) is 1.33. The maximum absolute atomic E-state index is 12.5. The molecule has 0 spiro atoms. The lowest BCUT2D eigenvalue weighted by Crippen LogP contribution is -2.38. The number of rotatable bonds is 5. The molecule has 0 radical (unpaired) electrons. The molecule has 1 heterocycles. The normalized spacial score (nSPS) is 11.6. The Hall–Kier alpha value is -2.58. The molecular formula is C16H18F3N3O3. The fourth-order valence-corrected chi connectivity index (χ4v) is 2.20. The topological polar surface area (TPSA) is 68.5 Å². The van der Waals surface area contributed by atoms with E-state index in [1.807, 2.05) is 13.8 Å². The van der Waals surface area contributed by atoms with Crippen molar-refractivity contribution in [3.05, 3.63) is 35.7 Å². The molecule has 2 aromatic rings. The van der Waals surface area contributed by atoms with E-state index in [2.05, 4.69) is 14.7 Å². The zero-order valence-corrected chi connectivity index (χ0v) is 14.0. The van der Waals surface area contributed by atoms with E-state index >= 15 is 0 Å². The van der Waals surface area contributed by atoms with E-state index in [9.17, 15) is 18.0 Å². The van der Waals surface area contributed by atoms with Crippen molar-refractivity contribution in [2.24, 2.45) is 0 Å². The van der Waals surface area contributed by atoms with E-state index in [0.717, 1.165) is 5.56 Å². The van der Waals surface area contributed by atoms with E-state index in [0.29, 0.717) is 18.5 Å². The lowest BCUT2D eigenvalue weighted by molar-refractivity contribution is -0.159. The highest BCUT2D eigenvalue weighted by Crippen LogP contribution is 2.29. The summed E-state index contributed by atoms with van der Waals surface area (Å²) in [6.45, 7) is 4.23. The molecule has 25 heavy (non-hydrogen) atoms. The largest absolute Gasteiger partial charge is 0.471 e. The average molecular weight is 357 g/mol. The summed E-state index contributed by atoms with van der Waals surface area (Å²) in [4.78, 5) is 16.6. The van der Waals surface area contributed by atoms with Crippen molar-refractivity contribution in [2.75, 3.05) is 13.7 Å². The van der Waals surface area contributed by atoms with Crippen LogP contribution in [0.3, 0.4) is 0 Å². The molecule has 0 fully saturated rings. The smallest absolute Gasteiger partial charge is 0.453 e. The summed E-state index contributed by atoms with van der Waals surface area (Å²) in [6, 6.07) is 6.70. The van der Waals surface area contributed by atoms with E-state index < -0.39 is 18.2 Å². The Kier molecular flexibility index (Phi) is 5.66. The molecular weight excluding hydrogens is 339 g/mol. The van der Waals surface area contributed by atoms with Crippen LogP contribution >= 0.6 is 0 Å². The SMILES string of the molecule is COC(=O)N(CCc1ccc(-c2noc(C(F)(F)F)n2)cc1)C(C)C. The van der Waals surface area contributed by atoms with Crippen LogP contribution in [0.25, 0.3) is 11.4 Å². The van der Waals surface area contributed by atoms with Crippen LogP contribution in [0.5, 0.6) is 0 Å². The minimum Gasteiger partial charge on any atom is -0.453 e. The van der Waals surface area contributed by atoms with E-state index in [1.165, 1.54) is 7.11 Å². The maximum atomic E-state index is 12.5. The molecule has 0 bridgehead atoms. The molecule has 0 saturated heterocycles. The van der Waals surface area contributed by atoms with Gasteiger partial charge in [0.15, 0.2) is 0 Å². The van der Waals surface area contributed by atoms with Crippen molar-refractivity contribution in [1.82, 2.24) is 15.0 Å². The van der Waals surface area contributed by atoms with Gasteiger partial charge in [0.2, 0.25) is 5.82 Å². The van der Waals surface area contributed by atoms with E-state index in [4.69, 9.17) is 4.74 Å². The Morgan fingerprint density at radius 2 is 1.92 bits per heavy atom. The van der Waals surface area contributed by atoms with Gasteiger partial charge in [-0.25, -0.2) is 4.79 Å². The Morgan fingerprint density at radius 3 is 2.40 bits per heavy atom. The molecule has 1 amide bonds. The molecule has 0 N–H and O–H groups in total. The second kappa shape index (κ2) is 7.54. The van der Waals surface area contributed by atoms with Crippen molar-refractivity contribution >= 4 is 6.09 Å². The molecule has 1 aromatic carbocycles. The predicted octanol–water partition coefficient (Wildman–Crippen LogP) is 3.77. The summed E-state index contributed by atoms with van der Waals surface area (Å²) < 4.78 is 46.4. The summed E-state index contributed by atoms with van der Waals surface area (Å²) in [6.07, 6.45) is -4.49. The number of carbonyl (C=O) groups excluding carboxylic acids is 1. The molecule has 0 aliphatic rings. The number of benzene rings is 1. The Morgan fingerprint density at radius 1 is 1.28 bits per heavy atom. The molecule has 0 saturated carbocycles. The van der Waals surface area contributed by atoms with Gasteiger partial charge < -0.3 is 14.2 Å². The third-order valence-electron chi connectivity index (χ3n) is 3.55. The summed E-state index contributed by atoms with van der Waals surface area (Å²) >= 11 is 0. The number of halogens is 3. The zero-order chi connectivity index (χ0) is 18.6. The highest BCUT2D eigenvalue weighted by Gasteiger charge is 2.38. The van der Waals surface area contributed by atoms with Gasteiger partial charge in [-0.1, -0.05) is 29.4 Å². The van der Waals surface area contributed by atoms with Gasteiger partial charge in [-0.05, 0) is 25.8 Å². The minimum atomic E-state index is -4.67. The van der Waals surface area contributed by atoms with Crippen molar-refractivity contribution in [1.29, 1.82) is 0 Å². The first-order valence-electron chi connectivity index (χ1n) is 7.57. The van der Waals surface area contributed by atoms with Crippen LogP contribution in [-0.4, -0.2) is 40.8 Å². The Balaban J connectivity index is 2.05. The number of hydrogen-bond acceptors (Lipinski definition) is 5. The highest BCUT2D eigenvalue weighted by atomic mass is 19.4. The molecule has 0 aliphatic heterocycles. The number of carbonyl (C=O) groups is 1. The van der Waals surface area contributed by atoms with Gasteiger partial charge in [0.1, 0.15) is 0 Å². The fourth-order valence-electron chi connectivity index (χ4n) is 2.20. The number of aromatic nitrogens is 2. The average Bonchev–Trinajstić information content (AvgIpc) is 3.05. The number of methoxy groups -OCH3 is 1. The number of amides is 1. The fraction of sp³-hybridized carbons (Fsp3) is 0.438. The van der Waals surface area contributed by atoms with Crippen molar-refractivity contribution in [2.45, 2.75) is 32.5 Å². The number of hydrogen-bond donors (Lipinski definition) is 0. The molecule has 9 heteroatoms. The van der Waals surface area contributed by atoms with Crippen LogP contribution in [-0.2, 0) is 17.3 Å². The summed E-state index contributed by atoms with van der Waals surface area (Å²) in [7, 11) is 1.33. The van der Waals surface area contributed by atoms with Crippen LogP contribution in [0.4, 0.5) is 18.0 Å². The van der Waals surface area contributed by atoms with Crippen LogP contribution in [0.15, 0.2) is 28.8 Å². The lowest BCUT2D eigenvalue weighted by atomic mass is 10.1. The first-order chi connectivity index (χ1) is 11.7. The van der Waals surface area contributed by atoms with E-state index in [-0.39, 0.29) is 11.9 Å². The first kappa shape index (κ1) is 18.8. The van der Waals surface area contributed by atoms with Gasteiger partial charge in [-0.15, -0.1) is 0 Å². The lowest BCUT2D eigenvalue weighted by Gasteiger charge is -2.25. The van der Waals surface area contributed by atoms with Crippen LogP contribution in [0, 0.1) is 0 Å². The Bertz CT molecular complexity index is 711. The second-order valence-electron chi connectivity index (χ2n) is 5.62. The number of ether oxygens (including phenoxy) is 1. The second-order valence-corrected chi connectivity index (χ2v) is 5.62. The van der Waals surface area contributed by atoms with Crippen LogP contribution in [0.2, 0.25) is 0 Å². The summed E-state index contributed by atoms with van der Waals surface area (Å²) in [5.74, 6) is -1.51. The third-order valence-corrected chi connectivity index (χ3v) is 3.55. The standard InChI is InChI=1S/C16H18F3N3O3/c1-10(2)22(15(23)24-3)9-8-11-4-6-12(7-5-11)13-20-14(25-21-13)16(17,18)19/h4-7,10H,8-9H2,1-3H3. The van der Waals surface area contributed by atoms with Gasteiger partial charge >= 0.3 is 18.2 Å². The minimum absolute atomic E-state index is 0.00755.